The first kappa shape index (κ1) is 83.5. The molecule has 2 N–H and O–H groups in total. The fraction of sp³-hybridized carbons (Fsp3) is 0.382. The number of unbranched alkanes of at least 4 members (excludes halogenated alkanes) is 1. The molecule has 3 aliphatic rings. The summed E-state index contributed by atoms with van der Waals surface area (Å²) >= 11 is 0. The topological polar surface area (TPSA) is 319 Å². The van der Waals surface area contributed by atoms with Gasteiger partial charge in [0.15, 0.2) is 51.8 Å². The predicted molar refractivity (Wildman–Crippen MR) is 438 cm³/mol. The Kier molecular flexibility index (Phi) is 29.8. The molecular weight excluding hydrogens is 1480 g/mol. The van der Waals surface area contributed by atoms with E-state index in [9.17, 15) is 15.0 Å². The lowest BCUT2D eigenvalue weighted by Gasteiger charge is -2.24. The fourth-order valence-electron chi connectivity index (χ4n) is 14.2. The highest BCUT2D eigenvalue weighted by atomic mass is 16.5. The minimum atomic E-state index is -0.210. The van der Waals surface area contributed by atoms with E-state index in [2.05, 4.69) is 93.5 Å². The predicted octanol–water partition coefficient (Wildman–Crippen LogP) is 16.9. The molecule has 27 heteroatoms. The number of aliphatic hydroxyl groups is 2. The maximum atomic E-state index is 12.0. The second-order valence-electron chi connectivity index (χ2n) is 27.2. The molecule has 0 spiro atoms. The standard InChI is InChI=1S/C25H34N4O3.C25H29N3O4.C21H20N2O4.C18H19N3O4/c1-5-29(6-2)14-10-9-11-19-15-21(18-26-17-19)24-27-25(32-28-24)20-12-13-22(30-7-3)23(16-20)31-8-4;1-3-30-22-11-8-16(14-23(22)31-4-2)25-26-24(27-32-25)20-7-5-6-19-18(20)9-10-21(19)28-13-12-17(29)15-28;1-3-25-18-11-8-13(12-19(18)26-4-2)21-22-20(23-27-21)16-7-5-6-15-14(16)9-10-17(15)24;1-3-23-15-6-5-13(8-16(15)24-4-2)18-20-17(21-25-18)14-7-12(11-22)9-19-10-14/h12-13,15-18H,5-11,14H2,1-4H3;5-8,11,14,17,21,29H,3-4,9-10,12-13,15H2,1-2H3;5-8,11-12H,3-4,9-10H2,1-2H3;5-10,22H,3-4,11H2,1-2H3/t;17-,21?;;/m.1../s1. The van der Waals surface area contributed by atoms with Gasteiger partial charge in [-0.15, -0.1) is 0 Å². The van der Waals surface area contributed by atoms with E-state index in [0.717, 1.165) is 115 Å². The SMILES string of the molecule is CCOc1ccc(-c2nc(-c3cccc4c3CCC4=O)no2)cc1OCC.CCOc1ccc(-c2nc(-c3cccc4c3CCC4N3CC[C@@H](O)C3)no2)cc1OCC.CCOc1ccc(-c2nc(-c3cncc(CCCCN(CC)CC)c3)no2)cc1OCC.CCOc1ccc(-c2nc(-c3cncc(CO)c3)no2)cc1OCC. The Morgan fingerprint density at radius 3 is 1.26 bits per heavy atom. The van der Waals surface area contributed by atoms with E-state index >= 15 is 0 Å². The monoisotopic (exact) mass is 1580 g/mol. The molecule has 15 rings (SSSR count). The van der Waals surface area contributed by atoms with Gasteiger partial charge in [0.2, 0.25) is 23.3 Å². The van der Waals surface area contributed by atoms with Gasteiger partial charge in [-0.3, -0.25) is 19.7 Å². The molecule has 116 heavy (non-hydrogen) atoms. The van der Waals surface area contributed by atoms with Crippen LogP contribution in [0.15, 0.2) is 164 Å². The van der Waals surface area contributed by atoms with E-state index in [1.54, 1.807) is 24.7 Å². The van der Waals surface area contributed by atoms with E-state index in [1.165, 1.54) is 23.1 Å². The van der Waals surface area contributed by atoms with E-state index in [4.69, 9.17) is 61.0 Å². The number of aliphatic hydroxyl groups excluding tert-OH is 2. The van der Waals surface area contributed by atoms with Crippen LogP contribution in [0.3, 0.4) is 0 Å². The first-order valence-electron chi connectivity index (χ1n) is 40.2. The summed E-state index contributed by atoms with van der Waals surface area (Å²) in [5.74, 6) is 9.24. The molecule has 27 nitrogen and oxygen atoms in total. The first-order valence-corrected chi connectivity index (χ1v) is 40.2. The summed E-state index contributed by atoms with van der Waals surface area (Å²) in [6.45, 7) is 29.2. The van der Waals surface area contributed by atoms with Gasteiger partial charge < -0.3 is 71.1 Å². The Labute approximate surface area is 675 Å². The van der Waals surface area contributed by atoms with Crippen LogP contribution in [0.25, 0.3) is 91.4 Å². The van der Waals surface area contributed by atoms with E-state index in [1.807, 2.05) is 153 Å². The number of fused-ring (bicyclic) bond motifs is 2. The average Bonchev–Trinajstić information content (AvgIpc) is 1.63. The van der Waals surface area contributed by atoms with Crippen molar-refractivity contribution in [2.45, 2.75) is 139 Å². The minimum Gasteiger partial charge on any atom is -0.490 e. The molecule has 7 heterocycles. The minimum absolute atomic E-state index is 0.0951. The number of β-amino-alcohol motifs (C(OH)–C–C–N with tert-alkyl or cyclic N) is 1. The third-order valence-electron chi connectivity index (χ3n) is 19.7. The highest BCUT2D eigenvalue weighted by Gasteiger charge is 2.35. The van der Waals surface area contributed by atoms with Crippen LogP contribution in [0.5, 0.6) is 46.0 Å². The number of Topliss-reactive ketones (excluding diaryl/α,β-unsaturated/α-hetero) is 1. The number of hydrogen-bond acceptors (Lipinski definition) is 27. The Bertz CT molecular complexity index is 5170. The first-order chi connectivity index (χ1) is 56.8. The van der Waals surface area contributed by atoms with Gasteiger partial charge in [0.25, 0.3) is 23.6 Å². The third-order valence-corrected chi connectivity index (χ3v) is 19.7. The van der Waals surface area contributed by atoms with Gasteiger partial charge in [-0.1, -0.05) is 70.9 Å². The van der Waals surface area contributed by atoms with Gasteiger partial charge in [0.1, 0.15) is 0 Å². The van der Waals surface area contributed by atoms with Crippen LogP contribution in [0, 0.1) is 0 Å². The van der Waals surface area contributed by atoms with Gasteiger partial charge >= 0.3 is 0 Å². The number of pyridine rings is 2. The zero-order valence-corrected chi connectivity index (χ0v) is 67.6. The number of aryl methyl sites for hydroxylation is 1. The van der Waals surface area contributed by atoms with E-state index in [0.29, 0.717) is 176 Å². The normalized spacial score (nSPS) is 14.0. The number of ether oxygens (including phenoxy) is 8. The van der Waals surface area contributed by atoms with Crippen LogP contribution in [0.1, 0.15) is 146 Å². The van der Waals surface area contributed by atoms with Gasteiger partial charge in [0.05, 0.1) is 65.6 Å². The van der Waals surface area contributed by atoms with Crippen LogP contribution in [0.2, 0.25) is 0 Å². The number of likely N-dealkylation sites (tertiary alicyclic amines) is 1. The molecule has 608 valence electrons. The van der Waals surface area contributed by atoms with Crippen LogP contribution in [-0.4, -0.2) is 168 Å². The summed E-state index contributed by atoms with van der Waals surface area (Å²) in [5, 5.41) is 35.8. The number of rotatable bonds is 33. The summed E-state index contributed by atoms with van der Waals surface area (Å²) < 4.78 is 67.2. The maximum Gasteiger partial charge on any atom is 0.258 e. The van der Waals surface area contributed by atoms with Crippen LogP contribution in [-0.2, 0) is 25.9 Å². The summed E-state index contributed by atoms with van der Waals surface area (Å²) in [4.78, 5) is 43.5. The highest BCUT2D eigenvalue weighted by molar-refractivity contribution is 6.02. The molecule has 6 aromatic heterocycles. The van der Waals surface area contributed by atoms with Crippen molar-refractivity contribution in [3.05, 3.63) is 179 Å². The third kappa shape index (κ3) is 20.8. The Morgan fingerprint density at radius 2 is 0.828 bits per heavy atom. The lowest BCUT2D eigenvalue weighted by molar-refractivity contribution is 0.0994. The average molecular weight is 1580 g/mol. The highest BCUT2D eigenvalue weighted by Crippen LogP contribution is 2.44. The number of nitrogens with zero attached hydrogens (tertiary/aromatic N) is 12. The van der Waals surface area contributed by atoms with Crippen LogP contribution in [0.4, 0.5) is 0 Å². The van der Waals surface area contributed by atoms with E-state index in [-0.39, 0.29) is 18.5 Å². The van der Waals surface area contributed by atoms with Gasteiger partial charge in [-0.2, -0.15) is 19.9 Å². The largest absolute Gasteiger partial charge is 0.490 e. The van der Waals surface area contributed by atoms with Crippen LogP contribution >= 0.6 is 0 Å². The molecule has 2 aliphatic carbocycles. The Hall–Kier alpha value is -11.9. The smallest absolute Gasteiger partial charge is 0.258 e. The summed E-state index contributed by atoms with van der Waals surface area (Å²) in [7, 11) is 0. The molecule has 1 aliphatic heterocycles. The van der Waals surface area contributed by atoms with Crippen molar-refractivity contribution in [3.8, 4) is 137 Å². The molecule has 0 amide bonds. The Balaban J connectivity index is 0.000000143. The zero-order chi connectivity index (χ0) is 81.3. The number of benzene rings is 6. The van der Waals surface area contributed by atoms with Crippen LogP contribution < -0.4 is 37.9 Å². The summed E-state index contributed by atoms with van der Waals surface area (Å²) in [5.41, 5.74) is 12.7. The molecule has 1 unspecified atom stereocenters. The molecular formula is C89H102N12O15. The lowest BCUT2D eigenvalue weighted by Crippen LogP contribution is -2.26. The zero-order valence-electron chi connectivity index (χ0n) is 67.6. The summed E-state index contributed by atoms with van der Waals surface area (Å²) in [6.07, 6.45) is 14.1. The second kappa shape index (κ2) is 41.4. The van der Waals surface area contributed by atoms with Crippen molar-refractivity contribution >= 4 is 5.78 Å². The van der Waals surface area contributed by atoms with Crippen molar-refractivity contribution in [1.82, 2.24) is 60.3 Å². The summed E-state index contributed by atoms with van der Waals surface area (Å²) in [6, 6.07) is 38.5. The molecule has 6 aromatic carbocycles. The van der Waals surface area contributed by atoms with Gasteiger partial charge in [-0.05, 0) is 233 Å². The molecule has 0 radical (unpaired) electrons. The number of aromatic nitrogens is 10. The molecule has 0 saturated carbocycles. The molecule has 0 bridgehead atoms. The van der Waals surface area contributed by atoms with Crippen molar-refractivity contribution < 1.29 is 71.0 Å². The van der Waals surface area contributed by atoms with Crippen molar-refractivity contribution in [2.75, 3.05) is 85.6 Å². The number of hydrogen-bond donors (Lipinski definition) is 2. The van der Waals surface area contributed by atoms with Crippen molar-refractivity contribution in [1.29, 1.82) is 0 Å². The number of carbonyl (C=O) groups is 1. The lowest BCUT2D eigenvalue weighted by atomic mass is 10.0. The Morgan fingerprint density at radius 1 is 0.422 bits per heavy atom. The molecule has 1 fully saturated rings. The quantitative estimate of drug-likeness (QED) is 0.0361. The maximum absolute atomic E-state index is 12.0. The van der Waals surface area contributed by atoms with Crippen molar-refractivity contribution in [3.63, 3.8) is 0 Å². The molecule has 2 atom stereocenters. The van der Waals surface area contributed by atoms with Gasteiger partial charge in [-0.25, -0.2) is 0 Å². The second-order valence-corrected chi connectivity index (χ2v) is 27.2. The molecule has 1 saturated heterocycles. The fourth-order valence-corrected chi connectivity index (χ4v) is 14.2. The van der Waals surface area contributed by atoms with E-state index < -0.39 is 0 Å². The van der Waals surface area contributed by atoms with Crippen molar-refractivity contribution in [2.24, 2.45) is 0 Å². The number of carbonyl (C=O) groups excluding carboxylic acids is 1. The molecule has 12 aromatic rings. The number of ketones is 1. The van der Waals surface area contributed by atoms with Gasteiger partial charge in [0, 0.05) is 100 Å².